The van der Waals surface area contributed by atoms with Gasteiger partial charge in [0.1, 0.15) is 0 Å². The SMILES string of the molecule is Cc1ccc(N2c3ccc(C=C(c4ccccc4)c4ccccc4)cc3C3CCCC32)cc1. The van der Waals surface area contributed by atoms with Gasteiger partial charge in [-0.15, -0.1) is 0 Å². The Morgan fingerprint density at radius 2 is 1.42 bits per heavy atom. The molecule has 6 rings (SSSR count). The van der Waals surface area contributed by atoms with Crippen molar-refractivity contribution in [2.45, 2.75) is 38.1 Å². The van der Waals surface area contributed by atoms with Crippen LogP contribution in [0.3, 0.4) is 0 Å². The molecule has 2 unspecified atom stereocenters. The molecule has 0 N–H and O–H groups in total. The lowest BCUT2D eigenvalue weighted by molar-refractivity contribution is 0.642. The molecule has 1 aliphatic heterocycles. The van der Waals surface area contributed by atoms with Crippen LogP contribution in [-0.4, -0.2) is 6.04 Å². The van der Waals surface area contributed by atoms with Crippen LogP contribution in [0.1, 0.15) is 53.0 Å². The van der Waals surface area contributed by atoms with E-state index in [0.29, 0.717) is 12.0 Å². The van der Waals surface area contributed by atoms with E-state index < -0.39 is 0 Å². The van der Waals surface area contributed by atoms with Gasteiger partial charge in [0.2, 0.25) is 0 Å². The van der Waals surface area contributed by atoms with Gasteiger partial charge in [-0.3, -0.25) is 0 Å². The lowest BCUT2D eigenvalue weighted by atomic mass is 9.93. The summed E-state index contributed by atoms with van der Waals surface area (Å²) < 4.78 is 0. The first-order valence-electron chi connectivity index (χ1n) is 12.1. The Balaban J connectivity index is 1.45. The molecule has 4 aromatic carbocycles. The fourth-order valence-corrected chi connectivity index (χ4v) is 5.74. The Bertz CT molecular complexity index is 1240. The first-order valence-corrected chi connectivity index (χ1v) is 12.1. The third kappa shape index (κ3) is 3.68. The van der Waals surface area contributed by atoms with E-state index in [9.17, 15) is 0 Å². The molecule has 0 saturated heterocycles. The summed E-state index contributed by atoms with van der Waals surface area (Å²) >= 11 is 0. The van der Waals surface area contributed by atoms with Crippen LogP contribution in [0.5, 0.6) is 0 Å². The van der Waals surface area contributed by atoms with Gasteiger partial charge in [0.15, 0.2) is 0 Å². The normalized spacial score (nSPS) is 18.6. The van der Waals surface area contributed by atoms with E-state index in [1.165, 1.54) is 64.0 Å². The molecule has 1 saturated carbocycles. The highest BCUT2D eigenvalue weighted by Crippen LogP contribution is 2.52. The monoisotopic (exact) mass is 427 g/mol. The number of benzene rings is 4. The Morgan fingerprint density at radius 3 is 2.09 bits per heavy atom. The summed E-state index contributed by atoms with van der Waals surface area (Å²) in [4.78, 5) is 2.61. The number of rotatable bonds is 4. The summed E-state index contributed by atoms with van der Waals surface area (Å²) in [5.41, 5.74) is 10.6. The minimum Gasteiger partial charge on any atom is -0.338 e. The topological polar surface area (TPSA) is 3.24 Å². The fourth-order valence-electron chi connectivity index (χ4n) is 5.74. The van der Waals surface area contributed by atoms with Crippen molar-refractivity contribution in [2.24, 2.45) is 0 Å². The molecule has 162 valence electrons. The molecule has 2 aliphatic rings. The smallest absolute Gasteiger partial charge is 0.0450 e. The molecule has 33 heavy (non-hydrogen) atoms. The first-order chi connectivity index (χ1) is 16.3. The molecule has 0 spiro atoms. The molecule has 1 nitrogen and oxygen atoms in total. The lowest BCUT2D eigenvalue weighted by Crippen LogP contribution is -2.26. The maximum absolute atomic E-state index is 2.61. The van der Waals surface area contributed by atoms with Gasteiger partial charge in [0, 0.05) is 23.3 Å². The highest BCUT2D eigenvalue weighted by atomic mass is 15.2. The zero-order valence-electron chi connectivity index (χ0n) is 19.1. The number of hydrogen-bond donors (Lipinski definition) is 0. The van der Waals surface area contributed by atoms with E-state index in [1.54, 1.807) is 0 Å². The van der Waals surface area contributed by atoms with Crippen molar-refractivity contribution in [3.8, 4) is 0 Å². The van der Waals surface area contributed by atoms with Crippen LogP contribution in [-0.2, 0) is 0 Å². The van der Waals surface area contributed by atoms with E-state index in [2.05, 4.69) is 121 Å². The van der Waals surface area contributed by atoms with Crippen LogP contribution < -0.4 is 4.90 Å². The molecular weight excluding hydrogens is 398 g/mol. The van der Waals surface area contributed by atoms with E-state index in [0.717, 1.165) is 0 Å². The van der Waals surface area contributed by atoms with Gasteiger partial charge in [-0.2, -0.15) is 0 Å². The molecule has 0 bridgehead atoms. The number of hydrogen-bond acceptors (Lipinski definition) is 1. The second kappa shape index (κ2) is 8.41. The quantitative estimate of drug-likeness (QED) is 0.296. The maximum atomic E-state index is 2.61. The predicted octanol–water partition coefficient (Wildman–Crippen LogP) is 8.37. The number of anilines is 2. The van der Waals surface area contributed by atoms with Crippen molar-refractivity contribution in [3.05, 3.63) is 131 Å². The van der Waals surface area contributed by atoms with Crippen LogP contribution in [0.2, 0.25) is 0 Å². The lowest BCUT2D eigenvalue weighted by Gasteiger charge is -2.27. The summed E-state index contributed by atoms with van der Waals surface area (Å²) in [5.74, 6) is 0.631. The van der Waals surface area contributed by atoms with Crippen molar-refractivity contribution in [1.29, 1.82) is 0 Å². The van der Waals surface area contributed by atoms with Crippen molar-refractivity contribution < 1.29 is 0 Å². The summed E-state index contributed by atoms with van der Waals surface area (Å²) in [7, 11) is 0. The zero-order valence-corrected chi connectivity index (χ0v) is 19.1. The van der Waals surface area contributed by atoms with Crippen molar-refractivity contribution in [2.75, 3.05) is 4.90 Å². The molecule has 1 heterocycles. The molecule has 0 amide bonds. The largest absolute Gasteiger partial charge is 0.338 e. The van der Waals surface area contributed by atoms with E-state index in [4.69, 9.17) is 0 Å². The van der Waals surface area contributed by atoms with Crippen molar-refractivity contribution >= 4 is 23.0 Å². The fraction of sp³-hybridized carbons (Fsp3) is 0.188. The van der Waals surface area contributed by atoms with Crippen LogP contribution in [0.25, 0.3) is 11.6 Å². The van der Waals surface area contributed by atoms with E-state index in [1.807, 2.05) is 0 Å². The molecular formula is C32H29N. The van der Waals surface area contributed by atoms with Crippen LogP contribution >= 0.6 is 0 Å². The van der Waals surface area contributed by atoms with Gasteiger partial charge in [0.05, 0.1) is 0 Å². The van der Waals surface area contributed by atoms with Gasteiger partial charge in [-0.05, 0) is 77.9 Å². The minimum atomic E-state index is 0.588. The average Bonchev–Trinajstić information content (AvgIpc) is 3.45. The summed E-state index contributed by atoms with van der Waals surface area (Å²) in [5, 5.41) is 0. The first kappa shape index (κ1) is 20.1. The Morgan fingerprint density at radius 1 is 0.758 bits per heavy atom. The summed E-state index contributed by atoms with van der Waals surface area (Å²) in [6.07, 6.45) is 6.25. The van der Waals surface area contributed by atoms with E-state index in [-0.39, 0.29) is 0 Å². The third-order valence-corrected chi connectivity index (χ3v) is 7.31. The molecule has 1 aliphatic carbocycles. The van der Waals surface area contributed by atoms with Gasteiger partial charge in [-0.25, -0.2) is 0 Å². The molecule has 2 atom stereocenters. The van der Waals surface area contributed by atoms with Gasteiger partial charge >= 0.3 is 0 Å². The van der Waals surface area contributed by atoms with Crippen molar-refractivity contribution in [3.63, 3.8) is 0 Å². The standard InChI is InChI=1S/C32H29N/c1-23-15-18-27(19-16-23)33-31-14-8-13-28(31)30-22-24(17-20-32(30)33)21-29(25-9-4-2-5-10-25)26-11-6-3-7-12-26/h2-7,9-12,15-22,28,31H,8,13-14H2,1H3. The molecule has 4 aromatic rings. The van der Waals surface area contributed by atoms with Gasteiger partial charge in [0.25, 0.3) is 0 Å². The third-order valence-electron chi connectivity index (χ3n) is 7.31. The molecule has 0 radical (unpaired) electrons. The molecule has 1 heteroatoms. The summed E-state index contributed by atoms with van der Waals surface area (Å²) in [6.45, 7) is 2.16. The van der Waals surface area contributed by atoms with E-state index >= 15 is 0 Å². The number of aryl methyl sites for hydroxylation is 1. The Kier molecular flexibility index (Phi) is 5.11. The number of nitrogens with zero attached hydrogens (tertiary/aromatic N) is 1. The second-order valence-electron chi connectivity index (χ2n) is 9.42. The molecule has 1 fully saturated rings. The minimum absolute atomic E-state index is 0.588. The van der Waals surface area contributed by atoms with Crippen LogP contribution in [0.15, 0.2) is 103 Å². The Labute approximate surface area is 197 Å². The van der Waals surface area contributed by atoms with Crippen LogP contribution in [0.4, 0.5) is 11.4 Å². The Hall–Kier alpha value is -3.58. The predicted molar refractivity (Wildman–Crippen MR) is 140 cm³/mol. The maximum Gasteiger partial charge on any atom is 0.0450 e. The summed E-state index contributed by atoms with van der Waals surface area (Å²) in [6, 6.07) is 38.2. The zero-order chi connectivity index (χ0) is 22.2. The highest BCUT2D eigenvalue weighted by Gasteiger charge is 2.42. The van der Waals surface area contributed by atoms with Crippen LogP contribution in [0, 0.1) is 6.92 Å². The highest BCUT2D eigenvalue weighted by molar-refractivity contribution is 5.92. The van der Waals surface area contributed by atoms with Crippen molar-refractivity contribution in [1.82, 2.24) is 0 Å². The van der Waals surface area contributed by atoms with Gasteiger partial charge < -0.3 is 4.90 Å². The average molecular weight is 428 g/mol. The number of fused-ring (bicyclic) bond motifs is 3. The van der Waals surface area contributed by atoms with Gasteiger partial charge in [-0.1, -0.05) is 90.8 Å². The second-order valence-corrected chi connectivity index (χ2v) is 9.42. The molecule has 0 aromatic heterocycles.